The number of benzene rings is 1. The number of sulfonamides is 1. The van der Waals surface area contributed by atoms with Gasteiger partial charge in [-0.25, -0.2) is 13.2 Å². The van der Waals surface area contributed by atoms with Crippen LogP contribution in [0, 0.1) is 0 Å². The van der Waals surface area contributed by atoms with Gasteiger partial charge in [0.05, 0.1) is 10.5 Å². The number of piperidine rings is 1. The van der Waals surface area contributed by atoms with E-state index in [2.05, 4.69) is 15.5 Å². The predicted octanol–water partition coefficient (Wildman–Crippen LogP) is 2.75. The average molecular weight is 493 g/mol. The number of hydrogen-bond acceptors (Lipinski definition) is 7. The molecule has 1 saturated carbocycles. The van der Waals surface area contributed by atoms with Crippen LogP contribution < -0.4 is 11.1 Å². The van der Waals surface area contributed by atoms with Gasteiger partial charge in [0.1, 0.15) is 10.7 Å². The lowest BCUT2D eigenvalue weighted by molar-refractivity contribution is 0.0900. The summed E-state index contributed by atoms with van der Waals surface area (Å²) >= 11 is 6.28. The smallest absolute Gasteiger partial charge is 0.408 e. The number of carbonyl (C=O) groups is 1. The Morgan fingerprint density at radius 2 is 1.88 bits per heavy atom. The number of oxazole rings is 1. The topological polar surface area (TPSA) is 139 Å². The molecule has 12 heteroatoms. The van der Waals surface area contributed by atoms with E-state index in [-0.39, 0.29) is 45.2 Å². The molecule has 2 bridgehead atoms. The van der Waals surface area contributed by atoms with Crippen molar-refractivity contribution in [3.05, 3.63) is 45.2 Å². The summed E-state index contributed by atoms with van der Waals surface area (Å²) < 4.78 is 38.9. The fraction of sp³-hybridized carbons (Fsp3) is 0.476. The molecule has 174 valence electrons. The maximum absolute atomic E-state index is 13.5. The van der Waals surface area contributed by atoms with Gasteiger partial charge in [-0.3, -0.25) is 9.78 Å². The Bertz CT molecular complexity index is 1410. The van der Waals surface area contributed by atoms with Crippen LogP contribution in [0.5, 0.6) is 0 Å². The third-order valence-corrected chi connectivity index (χ3v) is 9.24. The van der Waals surface area contributed by atoms with Gasteiger partial charge in [-0.1, -0.05) is 16.8 Å². The third kappa shape index (κ3) is 3.58. The molecule has 2 aromatic heterocycles. The first-order valence-corrected chi connectivity index (χ1v) is 12.7. The van der Waals surface area contributed by atoms with Gasteiger partial charge >= 0.3 is 5.76 Å². The molecule has 3 aromatic rings. The molecule has 33 heavy (non-hydrogen) atoms. The van der Waals surface area contributed by atoms with Crippen LogP contribution >= 0.6 is 11.6 Å². The van der Waals surface area contributed by atoms with E-state index in [0.29, 0.717) is 37.1 Å². The van der Waals surface area contributed by atoms with E-state index >= 15 is 0 Å². The monoisotopic (exact) mass is 492 g/mol. The van der Waals surface area contributed by atoms with Crippen molar-refractivity contribution in [3.8, 4) is 0 Å². The molecule has 2 aliphatic heterocycles. The molecule has 3 atom stereocenters. The van der Waals surface area contributed by atoms with E-state index in [9.17, 15) is 18.0 Å². The zero-order valence-electron chi connectivity index (χ0n) is 17.4. The van der Waals surface area contributed by atoms with Crippen molar-refractivity contribution in [2.45, 2.75) is 67.5 Å². The van der Waals surface area contributed by atoms with E-state index in [4.69, 9.17) is 20.5 Å². The maximum atomic E-state index is 13.5. The summed E-state index contributed by atoms with van der Waals surface area (Å²) in [6, 6.07) is 3.69. The fourth-order valence-corrected chi connectivity index (χ4v) is 7.54. The molecule has 0 spiro atoms. The molecule has 1 aliphatic carbocycles. The maximum Gasteiger partial charge on any atom is 0.417 e. The first kappa shape index (κ1) is 20.9. The Kier molecular flexibility index (Phi) is 4.72. The first-order chi connectivity index (χ1) is 15.8. The van der Waals surface area contributed by atoms with Crippen molar-refractivity contribution in [2.24, 2.45) is 0 Å². The number of amides is 1. The van der Waals surface area contributed by atoms with Gasteiger partial charge in [0, 0.05) is 36.2 Å². The minimum absolute atomic E-state index is 0.0203. The second kappa shape index (κ2) is 7.44. The van der Waals surface area contributed by atoms with Gasteiger partial charge < -0.3 is 14.3 Å². The molecule has 3 fully saturated rings. The quantitative estimate of drug-likeness (QED) is 0.558. The second-order valence-electron chi connectivity index (χ2n) is 9.04. The van der Waals surface area contributed by atoms with Gasteiger partial charge in [-0.15, -0.1) is 0 Å². The zero-order valence-corrected chi connectivity index (χ0v) is 19.0. The van der Waals surface area contributed by atoms with Crippen LogP contribution in [0.15, 0.2) is 36.8 Å². The number of aromatic nitrogens is 2. The van der Waals surface area contributed by atoms with Gasteiger partial charge in [0.2, 0.25) is 10.0 Å². The number of H-pyrrole nitrogens is 1. The molecular weight excluding hydrogens is 472 g/mol. The summed E-state index contributed by atoms with van der Waals surface area (Å²) in [5.74, 6) is 0.132. The SMILES string of the molecule is O=C(N[C@@H]1C[C@H]2CC[C@@H](C1)N2S(=O)(=O)c1cc2oc(=O)[nH]c2cc1Cl)c1cc(C2CC2)on1. The summed E-state index contributed by atoms with van der Waals surface area (Å²) in [7, 11) is -3.93. The summed E-state index contributed by atoms with van der Waals surface area (Å²) in [5, 5.41) is 6.90. The van der Waals surface area contributed by atoms with Crippen molar-refractivity contribution in [3.63, 3.8) is 0 Å². The number of nitrogens with zero attached hydrogens (tertiary/aromatic N) is 2. The molecule has 10 nitrogen and oxygen atoms in total. The Labute approximate surface area is 193 Å². The Morgan fingerprint density at radius 1 is 1.15 bits per heavy atom. The van der Waals surface area contributed by atoms with Crippen LogP contribution in [0.1, 0.15) is 60.7 Å². The molecule has 2 saturated heterocycles. The summed E-state index contributed by atoms with van der Waals surface area (Å²) in [4.78, 5) is 26.5. The standard InChI is InChI=1S/C21H21ClN4O6S/c22-14-7-15-18(31-21(28)24-15)9-19(14)33(29,30)26-12-3-4-13(26)6-11(5-12)23-20(27)16-8-17(32-25-16)10-1-2-10/h7-13H,1-6H2,(H,23,27)(H,24,28)/t11-,12-,13+. The minimum Gasteiger partial charge on any atom is -0.408 e. The third-order valence-electron chi connectivity index (χ3n) is 6.77. The Balaban J connectivity index is 1.21. The number of hydrogen-bond donors (Lipinski definition) is 2. The van der Waals surface area contributed by atoms with Crippen LogP contribution in [-0.4, -0.2) is 46.9 Å². The number of nitrogens with one attached hydrogen (secondary N) is 2. The summed E-state index contributed by atoms with van der Waals surface area (Å²) in [6.45, 7) is 0. The van der Waals surface area contributed by atoms with Crippen molar-refractivity contribution in [2.75, 3.05) is 0 Å². The van der Waals surface area contributed by atoms with E-state index in [0.717, 1.165) is 18.6 Å². The largest absolute Gasteiger partial charge is 0.417 e. The molecular formula is C21H21ClN4O6S. The van der Waals surface area contributed by atoms with Crippen LogP contribution in [0.4, 0.5) is 0 Å². The highest BCUT2D eigenvalue weighted by Crippen LogP contribution is 2.42. The first-order valence-electron chi connectivity index (χ1n) is 10.9. The highest BCUT2D eigenvalue weighted by molar-refractivity contribution is 7.89. The molecule has 0 unspecified atom stereocenters. The number of aromatic amines is 1. The molecule has 4 heterocycles. The zero-order chi connectivity index (χ0) is 22.9. The Morgan fingerprint density at radius 3 is 2.58 bits per heavy atom. The van der Waals surface area contributed by atoms with E-state index < -0.39 is 15.8 Å². The van der Waals surface area contributed by atoms with Crippen molar-refractivity contribution < 1.29 is 22.2 Å². The number of fused-ring (bicyclic) bond motifs is 3. The van der Waals surface area contributed by atoms with Crippen molar-refractivity contribution in [1.29, 1.82) is 0 Å². The van der Waals surface area contributed by atoms with Crippen molar-refractivity contribution in [1.82, 2.24) is 19.8 Å². The lowest BCUT2D eigenvalue weighted by atomic mass is 9.99. The van der Waals surface area contributed by atoms with Gasteiger partial charge in [-0.2, -0.15) is 4.31 Å². The van der Waals surface area contributed by atoms with Crippen LogP contribution in [0.2, 0.25) is 5.02 Å². The van der Waals surface area contributed by atoms with Crippen LogP contribution in [0.25, 0.3) is 11.1 Å². The molecule has 0 radical (unpaired) electrons. The highest BCUT2D eigenvalue weighted by Gasteiger charge is 2.48. The lowest BCUT2D eigenvalue weighted by Gasteiger charge is -2.38. The predicted molar refractivity (Wildman–Crippen MR) is 117 cm³/mol. The summed E-state index contributed by atoms with van der Waals surface area (Å²) in [5.41, 5.74) is 0.731. The number of rotatable bonds is 5. The Hall–Kier alpha value is -2.63. The van der Waals surface area contributed by atoms with E-state index in [1.807, 2.05) is 0 Å². The minimum atomic E-state index is -3.93. The van der Waals surface area contributed by atoms with Crippen LogP contribution in [0.3, 0.4) is 0 Å². The average Bonchev–Trinajstić information content (AvgIpc) is 3.25. The number of halogens is 1. The van der Waals surface area contributed by atoms with Crippen molar-refractivity contribution >= 4 is 38.6 Å². The van der Waals surface area contributed by atoms with Gasteiger partial charge in [-0.05, 0) is 44.6 Å². The van der Waals surface area contributed by atoms with E-state index in [1.54, 1.807) is 6.07 Å². The molecule has 2 N–H and O–H groups in total. The van der Waals surface area contributed by atoms with Crippen LogP contribution in [-0.2, 0) is 10.0 Å². The van der Waals surface area contributed by atoms with Gasteiger partial charge in [0.25, 0.3) is 5.91 Å². The normalized spacial score (nSPS) is 25.5. The second-order valence-corrected chi connectivity index (χ2v) is 11.3. The van der Waals surface area contributed by atoms with E-state index in [1.165, 1.54) is 16.4 Å². The molecule has 6 rings (SSSR count). The molecule has 1 aromatic carbocycles. The molecule has 3 aliphatic rings. The number of carbonyl (C=O) groups excluding carboxylic acids is 1. The van der Waals surface area contributed by atoms with Gasteiger partial charge in [0.15, 0.2) is 11.3 Å². The summed E-state index contributed by atoms with van der Waals surface area (Å²) in [6.07, 6.45) is 4.50. The fourth-order valence-electron chi connectivity index (χ4n) is 5.12. The highest BCUT2D eigenvalue weighted by atomic mass is 35.5. The lowest BCUT2D eigenvalue weighted by Crippen LogP contribution is -2.52. The molecule has 1 amide bonds.